The molecule has 1 aromatic heterocycles. The second-order valence-corrected chi connectivity index (χ2v) is 8.54. The number of hydrogen-bond donors (Lipinski definition) is 1. The van der Waals surface area contributed by atoms with Gasteiger partial charge in [-0.25, -0.2) is 0 Å². The summed E-state index contributed by atoms with van der Waals surface area (Å²) in [4.78, 5) is 14.8. The van der Waals surface area contributed by atoms with Gasteiger partial charge < -0.3 is 14.8 Å². The number of nitrogens with zero attached hydrogens (tertiary/aromatic N) is 3. The number of carbonyl (C=O) groups is 1. The van der Waals surface area contributed by atoms with Crippen LogP contribution in [0.2, 0.25) is 0 Å². The fourth-order valence-electron chi connectivity index (χ4n) is 4.58. The molecule has 7 nitrogen and oxygen atoms in total. The summed E-state index contributed by atoms with van der Waals surface area (Å²) in [5.41, 5.74) is 4.86. The topological polar surface area (TPSA) is 68.6 Å². The van der Waals surface area contributed by atoms with Crippen LogP contribution in [0.5, 0.6) is 5.75 Å². The van der Waals surface area contributed by atoms with E-state index in [-0.39, 0.29) is 5.91 Å². The lowest BCUT2D eigenvalue weighted by Gasteiger charge is -2.31. The van der Waals surface area contributed by atoms with Crippen molar-refractivity contribution >= 4 is 5.91 Å². The second-order valence-electron chi connectivity index (χ2n) is 8.54. The minimum absolute atomic E-state index is 0.0873. The highest BCUT2D eigenvalue weighted by Crippen LogP contribution is 2.24. The molecule has 4 rings (SSSR count). The van der Waals surface area contributed by atoms with Gasteiger partial charge in [0.05, 0.1) is 32.4 Å². The van der Waals surface area contributed by atoms with Crippen molar-refractivity contribution in [3.8, 4) is 5.75 Å². The first-order chi connectivity index (χ1) is 15.2. The summed E-state index contributed by atoms with van der Waals surface area (Å²) < 4.78 is 13.0. The molecule has 7 heteroatoms. The van der Waals surface area contributed by atoms with Crippen molar-refractivity contribution in [2.45, 2.75) is 52.3 Å². The molecule has 0 atom stereocenters. The van der Waals surface area contributed by atoms with Gasteiger partial charge in [0.15, 0.2) is 0 Å². The summed E-state index contributed by atoms with van der Waals surface area (Å²) in [6.07, 6.45) is 3.59. The number of carbonyl (C=O) groups excluding carboxylic acids is 1. The summed E-state index contributed by atoms with van der Waals surface area (Å²) in [5.74, 6) is 1.44. The van der Waals surface area contributed by atoms with Crippen LogP contribution in [0.3, 0.4) is 0 Å². The van der Waals surface area contributed by atoms with Gasteiger partial charge in [-0.3, -0.25) is 14.4 Å². The van der Waals surface area contributed by atoms with E-state index in [2.05, 4.69) is 21.8 Å². The molecule has 31 heavy (non-hydrogen) atoms. The van der Waals surface area contributed by atoms with E-state index in [9.17, 15) is 4.79 Å². The molecule has 0 spiro atoms. The number of nitrogens with one attached hydrogen (secondary N) is 1. The minimum Gasteiger partial charge on any atom is -0.497 e. The maximum atomic E-state index is 12.3. The molecular weight excluding hydrogens is 392 g/mol. The Kier molecular flexibility index (Phi) is 7.25. The third-order valence-electron chi connectivity index (χ3n) is 6.47. The first-order valence-electron chi connectivity index (χ1n) is 11.4. The van der Waals surface area contributed by atoms with Crippen LogP contribution in [-0.4, -0.2) is 53.9 Å². The van der Waals surface area contributed by atoms with Crippen LogP contribution in [0.25, 0.3) is 0 Å². The van der Waals surface area contributed by atoms with Crippen LogP contribution < -0.4 is 10.1 Å². The molecule has 0 aliphatic carbocycles. The van der Waals surface area contributed by atoms with Crippen LogP contribution in [0, 0.1) is 5.92 Å². The molecule has 1 aromatic carbocycles. The molecule has 2 aromatic rings. The summed E-state index contributed by atoms with van der Waals surface area (Å²) in [7, 11) is 1.65. The fourth-order valence-corrected chi connectivity index (χ4v) is 4.58. The number of ether oxygens (including phenoxy) is 2. The SMILES string of the molecule is CCn1nc(CN2CCC(CNC(=O)Cc3ccc(OC)cc3)CC2)c2c1CCOC2. The van der Waals surface area contributed by atoms with Gasteiger partial charge in [-0.15, -0.1) is 0 Å². The predicted octanol–water partition coefficient (Wildman–Crippen LogP) is 2.56. The Morgan fingerprint density at radius 3 is 2.74 bits per heavy atom. The molecule has 1 saturated heterocycles. The van der Waals surface area contributed by atoms with E-state index < -0.39 is 0 Å². The van der Waals surface area contributed by atoms with Crippen LogP contribution >= 0.6 is 0 Å². The zero-order valence-corrected chi connectivity index (χ0v) is 18.7. The molecule has 1 N–H and O–H groups in total. The highest BCUT2D eigenvalue weighted by Gasteiger charge is 2.25. The Bertz CT molecular complexity index is 870. The van der Waals surface area contributed by atoms with E-state index in [0.29, 0.717) is 18.9 Å². The summed E-state index contributed by atoms with van der Waals surface area (Å²) in [6.45, 7) is 8.32. The molecule has 168 valence electrons. The lowest BCUT2D eigenvalue weighted by atomic mass is 9.96. The van der Waals surface area contributed by atoms with E-state index in [1.165, 1.54) is 17.0 Å². The van der Waals surface area contributed by atoms with E-state index >= 15 is 0 Å². The molecule has 1 fully saturated rings. The Balaban J connectivity index is 1.21. The number of amides is 1. The first kappa shape index (κ1) is 21.8. The monoisotopic (exact) mass is 426 g/mol. The number of likely N-dealkylation sites (tertiary alicyclic amines) is 1. The maximum absolute atomic E-state index is 12.3. The zero-order chi connectivity index (χ0) is 21.6. The average molecular weight is 427 g/mol. The van der Waals surface area contributed by atoms with Gasteiger partial charge >= 0.3 is 0 Å². The predicted molar refractivity (Wildman–Crippen MR) is 119 cm³/mol. The molecular formula is C24H34N4O3. The standard InChI is InChI=1S/C24H34N4O3/c1-3-28-23-10-13-31-17-21(23)22(26-28)16-27-11-8-19(9-12-27)15-25-24(29)14-18-4-6-20(30-2)7-5-18/h4-7,19H,3,8-17H2,1-2H3,(H,25,29). The molecule has 0 saturated carbocycles. The third kappa shape index (κ3) is 5.46. The van der Waals surface area contributed by atoms with Gasteiger partial charge in [0.1, 0.15) is 5.75 Å². The second kappa shape index (κ2) is 10.3. The smallest absolute Gasteiger partial charge is 0.224 e. The molecule has 0 radical (unpaired) electrons. The van der Waals surface area contributed by atoms with Gasteiger partial charge in [-0.05, 0) is 56.5 Å². The van der Waals surface area contributed by atoms with Gasteiger partial charge in [0.2, 0.25) is 5.91 Å². The summed E-state index contributed by atoms with van der Waals surface area (Å²) >= 11 is 0. The quantitative estimate of drug-likeness (QED) is 0.703. The number of piperidine rings is 1. The third-order valence-corrected chi connectivity index (χ3v) is 6.47. The van der Waals surface area contributed by atoms with Crippen LogP contribution in [0.15, 0.2) is 24.3 Å². The van der Waals surface area contributed by atoms with E-state index in [0.717, 1.165) is 69.9 Å². The van der Waals surface area contributed by atoms with Gasteiger partial charge in [-0.1, -0.05) is 12.1 Å². The largest absolute Gasteiger partial charge is 0.497 e. The van der Waals surface area contributed by atoms with Crippen molar-refractivity contribution in [2.24, 2.45) is 5.92 Å². The normalized spacial score (nSPS) is 17.4. The Hall–Kier alpha value is -2.38. The molecule has 2 aliphatic heterocycles. The lowest BCUT2D eigenvalue weighted by Crippen LogP contribution is -2.38. The number of benzene rings is 1. The zero-order valence-electron chi connectivity index (χ0n) is 18.7. The average Bonchev–Trinajstić information content (AvgIpc) is 3.17. The van der Waals surface area contributed by atoms with Crippen LogP contribution in [0.4, 0.5) is 0 Å². The Labute approximate surface area is 184 Å². The van der Waals surface area contributed by atoms with Crippen molar-refractivity contribution < 1.29 is 14.3 Å². The summed E-state index contributed by atoms with van der Waals surface area (Å²) in [5, 5.41) is 7.99. The molecule has 0 unspecified atom stereocenters. The van der Waals surface area contributed by atoms with E-state index in [1.54, 1.807) is 7.11 Å². The Morgan fingerprint density at radius 1 is 1.26 bits per heavy atom. The molecule has 3 heterocycles. The highest BCUT2D eigenvalue weighted by atomic mass is 16.5. The van der Waals surface area contributed by atoms with Gasteiger partial charge in [0.25, 0.3) is 0 Å². The Morgan fingerprint density at radius 2 is 2.03 bits per heavy atom. The number of rotatable bonds is 8. The van der Waals surface area contributed by atoms with Crippen molar-refractivity contribution in [3.63, 3.8) is 0 Å². The van der Waals surface area contributed by atoms with Gasteiger partial charge in [0, 0.05) is 37.3 Å². The van der Waals surface area contributed by atoms with Crippen molar-refractivity contribution in [1.29, 1.82) is 0 Å². The maximum Gasteiger partial charge on any atom is 0.224 e. The van der Waals surface area contributed by atoms with E-state index in [1.807, 2.05) is 24.3 Å². The van der Waals surface area contributed by atoms with Crippen molar-refractivity contribution in [1.82, 2.24) is 20.0 Å². The first-order valence-corrected chi connectivity index (χ1v) is 11.4. The lowest BCUT2D eigenvalue weighted by molar-refractivity contribution is -0.120. The number of hydrogen-bond acceptors (Lipinski definition) is 5. The number of methoxy groups -OCH3 is 1. The van der Waals surface area contributed by atoms with Crippen LogP contribution in [0.1, 0.15) is 42.3 Å². The van der Waals surface area contributed by atoms with Gasteiger partial charge in [-0.2, -0.15) is 5.10 Å². The highest BCUT2D eigenvalue weighted by molar-refractivity contribution is 5.78. The van der Waals surface area contributed by atoms with Crippen molar-refractivity contribution in [2.75, 3.05) is 33.4 Å². The summed E-state index contributed by atoms with van der Waals surface area (Å²) in [6, 6.07) is 7.68. The number of fused-ring (bicyclic) bond motifs is 1. The fraction of sp³-hybridized carbons (Fsp3) is 0.583. The van der Waals surface area contributed by atoms with E-state index in [4.69, 9.17) is 14.6 Å². The van der Waals surface area contributed by atoms with Crippen LogP contribution in [-0.2, 0) is 42.1 Å². The molecule has 1 amide bonds. The minimum atomic E-state index is 0.0873. The molecule has 0 bridgehead atoms. The number of aromatic nitrogens is 2. The molecule has 2 aliphatic rings. The number of aryl methyl sites for hydroxylation is 1. The van der Waals surface area contributed by atoms with Crippen molar-refractivity contribution in [3.05, 3.63) is 46.8 Å².